The third-order valence-corrected chi connectivity index (χ3v) is 1.79. The summed E-state index contributed by atoms with van der Waals surface area (Å²) in [6.07, 6.45) is 0.549. The Hall–Kier alpha value is -0.850. The van der Waals surface area contributed by atoms with E-state index in [2.05, 4.69) is 4.52 Å². The number of allylic oxidation sites excluding steroid dienone is 1. The number of phosphoric ester groups is 1. The first-order valence-corrected chi connectivity index (χ1v) is 5.44. The molecule has 0 aromatic heterocycles. The Bertz CT molecular complexity index is 302. The first-order valence-electron chi connectivity index (χ1n) is 3.91. The summed E-state index contributed by atoms with van der Waals surface area (Å²) < 4.78 is 14.2. The van der Waals surface area contributed by atoms with Gasteiger partial charge >= 0.3 is 7.82 Å². The second kappa shape index (κ2) is 5.89. The van der Waals surface area contributed by atoms with Gasteiger partial charge in [0.25, 0.3) is 0 Å². The van der Waals surface area contributed by atoms with Crippen molar-refractivity contribution < 1.29 is 34.2 Å². The predicted octanol–water partition coefficient (Wildman–Crippen LogP) is 0.360. The van der Waals surface area contributed by atoms with Gasteiger partial charge in [-0.15, -0.1) is 0 Å². The minimum absolute atomic E-state index is 0.453. The number of rotatable bonds is 5. The summed E-state index contributed by atoms with van der Waals surface area (Å²) in [6, 6.07) is 0. The minimum Gasteiger partial charge on any atom is -0.504 e. The molecule has 0 rings (SSSR count). The van der Waals surface area contributed by atoms with Crippen molar-refractivity contribution in [2.45, 2.75) is 13.0 Å². The maximum Gasteiger partial charge on any atom is 0.469 e. The van der Waals surface area contributed by atoms with E-state index in [9.17, 15) is 4.57 Å². The first kappa shape index (κ1) is 14.2. The van der Waals surface area contributed by atoms with Crippen LogP contribution in [0.2, 0.25) is 0 Å². The van der Waals surface area contributed by atoms with Gasteiger partial charge in [-0.1, -0.05) is 0 Å². The quantitative estimate of drug-likeness (QED) is 0.266. The fraction of sp³-hybridized carbons (Fsp3) is 0.429. The van der Waals surface area contributed by atoms with Crippen LogP contribution in [0, 0.1) is 0 Å². The van der Waals surface area contributed by atoms with Gasteiger partial charge in [0.2, 0.25) is 0 Å². The van der Waals surface area contributed by atoms with Crippen LogP contribution in [-0.2, 0) is 9.09 Å². The fourth-order valence-corrected chi connectivity index (χ4v) is 0.984. The second-order valence-electron chi connectivity index (χ2n) is 2.58. The van der Waals surface area contributed by atoms with Crippen molar-refractivity contribution in [1.29, 1.82) is 0 Å². The zero-order valence-electron chi connectivity index (χ0n) is 7.94. The molecule has 5 N–H and O–H groups in total. The van der Waals surface area contributed by atoms with E-state index in [0.29, 0.717) is 0 Å². The average molecular weight is 240 g/mol. The van der Waals surface area contributed by atoms with Crippen molar-refractivity contribution in [3.63, 3.8) is 0 Å². The van der Waals surface area contributed by atoms with Gasteiger partial charge in [-0.25, -0.2) is 4.57 Å². The predicted molar refractivity (Wildman–Crippen MR) is 51.1 cm³/mol. The molecular formula is C7H13O7P. The van der Waals surface area contributed by atoms with E-state index in [1.165, 1.54) is 13.0 Å². The molecule has 0 aromatic rings. The Labute approximate surface area is 86.2 Å². The molecule has 0 radical (unpaired) electrons. The van der Waals surface area contributed by atoms with Gasteiger partial charge in [0, 0.05) is 0 Å². The van der Waals surface area contributed by atoms with Gasteiger partial charge in [-0.3, -0.25) is 4.52 Å². The molecule has 0 saturated carbocycles. The van der Waals surface area contributed by atoms with Crippen molar-refractivity contribution in [2.24, 2.45) is 0 Å². The standard InChI is InChI=1S/C7H13O7P/c1-2-6(9)7(10)3-5(8)4-14-15(11,12)13/h2-3,5,8-10H,4H2,1H3,(H2,11,12,13)/b6-2-,7-3-/t5-/m1/s1. The van der Waals surface area contributed by atoms with Gasteiger partial charge in [0.15, 0.2) is 11.5 Å². The Morgan fingerprint density at radius 1 is 1.40 bits per heavy atom. The van der Waals surface area contributed by atoms with Crippen LogP contribution in [0.1, 0.15) is 6.92 Å². The topological polar surface area (TPSA) is 127 Å². The van der Waals surface area contributed by atoms with Crippen molar-refractivity contribution >= 4 is 7.82 Å². The van der Waals surface area contributed by atoms with Crippen LogP contribution in [-0.4, -0.2) is 37.8 Å². The molecule has 0 aliphatic carbocycles. The summed E-state index contributed by atoms with van der Waals surface area (Å²) in [5.41, 5.74) is 0. The maximum atomic E-state index is 10.2. The number of phosphoric acid groups is 1. The first-order chi connectivity index (χ1) is 6.76. The molecule has 0 aromatic carbocycles. The zero-order chi connectivity index (χ0) is 12.1. The van der Waals surface area contributed by atoms with Crippen molar-refractivity contribution in [2.75, 3.05) is 6.61 Å². The molecule has 8 heteroatoms. The highest BCUT2D eigenvalue weighted by Gasteiger charge is 2.16. The third kappa shape index (κ3) is 7.12. The van der Waals surface area contributed by atoms with Gasteiger partial charge in [-0.05, 0) is 19.1 Å². The van der Waals surface area contributed by atoms with Crippen LogP contribution in [0.25, 0.3) is 0 Å². The lowest BCUT2D eigenvalue weighted by molar-refractivity contribution is 0.111. The molecule has 0 aliphatic rings. The molecule has 0 bridgehead atoms. The SMILES string of the molecule is C/C=C(O)/C(O)=C/[C@@H](O)COP(=O)(O)O. The smallest absolute Gasteiger partial charge is 0.469 e. The molecule has 88 valence electrons. The van der Waals surface area contributed by atoms with Gasteiger partial charge in [-0.2, -0.15) is 0 Å². The Morgan fingerprint density at radius 3 is 2.33 bits per heavy atom. The van der Waals surface area contributed by atoms with Crippen LogP contribution >= 0.6 is 7.82 Å². The second-order valence-corrected chi connectivity index (χ2v) is 3.82. The van der Waals surface area contributed by atoms with E-state index in [1.807, 2.05) is 0 Å². The normalized spacial score (nSPS) is 16.5. The molecule has 7 nitrogen and oxygen atoms in total. The van der Waals surface area contributed by atoms with Gasteiger partial charge in [0.1, 0.15) is 0 Å². The highest BCUT2D eigenvalue weighted by atomic mass is 31.2. The number of aliphatic hydroxyl groups excluding tert-OH is 3. The average Bonchev–Trinajstić information content (AvgIpc) is 2.12. The number of aliphatic hydroxyl groups is 3. The van der Waals surface area contributed by atoms with Gasteiger partial charge in [0.05, 0.1) is 12.7 Å². The molecule has 1 atom stereocenters. The van der Waals surface area contributed by atoms with Crippen LogP contribution in [0.3, 0.4) is 0 Å². The third-order valence-electron chi connectivity index (χ3n) is 1.30. The van der Waals surface area contributed by atoms with Crippen LogP contribution < -0.4 is 0 Å². The zero-order valence-corrected chi connectivity index (χ0v) is 8.83. The molecule has 0 heterocycles. The lowest BCUT2D eigenvalue weighted by Crippen LogP contribution is -2.12. The van der Waals surface area contributed by atoms with E-state index in [-0.39, 0.29) is 0 Å². The van der Waals surface area contributed by atoms with E-state index in [0.717, 1.165) is 6.08 Å². The fourth-order valence-electron chi connectivity index (χ4n) is 0.637. The largest absolute Gasteiger partial charge is 0.504 e. The molecule has 0 unspecified atom stereocenters. The van der Waals surface area contributed by atoms with E-state index in [4.69, 9.17) is 25.1 Å². The summed E-state index contributed by atoms with van der Waals surface area (Å²) in [5.74, 6) is -1.05. The molecule has 0 amide bonds. The summed E-state index contributed by atoms with van der Waals surface area (Å²) in [5, 5.41) is 27.1. The number of hydrogen-bond acceptors (Lipinski definition) is 5. The molecule has 0 spiro atoms. The van der Waals surface area contributed by atoms with Crippen molar-refractivity contribution in [3.8, 4) is 0 Å². The van der Waals surface area contributed by atoms with E-state index >= 15 is 0 Å². The van der Waals surface area contributed by atoms with Crippen LogP contribution in [0.15, 0.2) is 23.7 Å². The van der Waals surface area contributed by atoms with E-state index < -0.39 is 32.1 Å². The van der Waals surface area contributed by atoms with Crippen molar-refractivity contribution in [1.82, 2.24) is 0 Å². The lowest BCUT2D eigenvalue weighted by Gasteiger charge is -2.08. The molecule has 0 saturated heterocycles. The lowest BCUT2D eigenvalue weighted by atomic mass is 10.3. The molecule has 15 heavy (non-hydrogen) atoms. The molecule has 0 aliphatic heterocycles. The highest BCUT2D eigenvalue weighted by Crippen LogP contribution is 2.35. The molecular weight excluding hydrogens is 227 g/mol. The summed E-state index contributed by atoms with van der Waals surface area (Å²) in [7, 11) is -4.64. The maximum absolute atomic E-state index is 10.2. The summed E-state index contributed by atoms with van der Waals surface area (Å²) >= 11 is 0. The summed E-state index contributed by atoms with van der Waals surface area (Å²) in [4.78, 5) is 16.6. The Morgan fingerprint density at radius 2 is 1.93 bits per heavy atom. The highest BCUT2D eigenvalue weighted by molar-refractivity contribution is 7.46. The molecule has 0 fully saturated rings. The summed E-state index contributed by atoms with van der Waals surface area (Å²) in [6.45, 7) is 0.767. The Kier molecular flexibility index (Phi) is 5.56. The van der Waals surface area contributed by atoms with Crippen LogP contribution in [0.4, 0.5) is 0 Å². The number of hydrogen-bond donors (Lipinski definition) is 5. The van der Waals surface area contributed by atoms with Crippen molar-refractivity contribution in [3.05, 3.63) is 23.7 Å². The Balaban J connectivity index is 4.25. The van der Waals surface area contributed by atoms with Gasteiger partial charge < -0.3 is 25.1 Å². The monoisotopic (exact) mass is 240 g/mol. The minimum atomic E-state index is -4.64. The van der Waals surface area contributed by atoms with E-state index in [1.54, 1.807) is 0 Å². The van der Waals surface area contributed by atoms with Crippen LogP contribution in [0.5, 0.6) is 0 Å².